The molecule has 0 saturated carbocycles. The summed E-state index contributed by atoms with van der Waals surface area (Å²) in [6.07, 6.45) is 1.42. The molecular formula is C5H8BrNO2. The highest BCUT2D eigenvalue weighted by atomic mass is 79.9. The predicted molar refractivity (Wildman–Crippen MR) is 38.3 cm³/mol. The van der Waals surface area contributed by atoms with Gasteiger partial charge in [-0.15, -0.1) is 0 Å². The zero-order valence-corrected chi connectivity index (χ0v) is 6.55. The molecule has 52 valence electrons. The molecule has 0 spiro atoms. The second kappa shape index (κ2) is 3.50. The Hall–Kier alpha value is -0.510. The van der Waals surface area contributed by atoms with Gasteiger partial charge in [0.2, 0.25) is 0 Å². The fourth-order valence-corrected chi connectivity index (χ4v) is 0.603. The molecule has 0 aromatic carbocycles. The van der Waals surface area contributed by atoms with Gasteiger partial charge in [0.25, 0.3) is 0 Å². The lowest BCUT2D eigenvalue weighted by Gasteiger charge is -1.94. The summed E-state index contributed by atoms with van der Waals surface area (Å²) < 4.78 is 0. The minimum atomic E-state index is -1.08. The molecular weight excluding hydrogens is 186 g/mol. The number of halogens is 1. The number of allylic oxidation sites excluding steroid dienone is 1. The van der Waals surface area contributed by atoms with Crippen LogP contribution >= 0.6 is 15.9 Å². The molecule has 0 aliphatic carbocycles. The van der Waals surface area contributed by atoms with E-state index in [1.807, 2.05) is 0 Å². The number of carbonyl (C=O) groups is 1. The smallest absolute Gasteiger partial charge is 0.351 e. The fraction of sp³-hybridized carbons (Fsp3) is 0.400. The van der Waals surface area contributed by atoms with Crippen LogP contribution < -0.4 is 5.73 Å². The molecule has 0 amide bonds. The first kappa shape index (κ1) is 8.49. The quantitative estimate of drug-likeness (QED) is 0.502. The molecule has 3 nitrogen and oxygen atoms in total. The highest BCUT2D eigenvalue weighted by molar-refractivity contribution is 9.09. The number of rotatable bonds is 2. The summed E-state index contributed by atoms with van der Waals surface area (Å²) in [4.78, 5) is 10.0. The largest absolute Gasteiger partial charge is 0.477 e. The first-order valence-corrected chi connectivity index (χ1v) is 3.30. The SMILES string of the molecule is CC(Br)C=C(N)C(=O)O. The number of alkyl halides is 1. The van der Waals surface area contributed by atoms with Gasteiger partial charge in [-0.25, -0.2) is 4.79 Å². The Morgan fingerprint density at radius 1 is 1.89 bits per heavy atom. The van der Waals surface area contributed by atoms with Gasteiger partial charge in [-0.2, -0.15) is 0 Å². The Morgan fingerprint density at radius 2 is 2.33 bits per heavy atom. The lowest BCUT2D eigenvalue weighted by Crippen LogP contribution is -2.11. The van der Waals surface area contributed by atoms with Crippen LogP contribution in [0.4, 0.5) is 0 Å². The second-order valence-electron chi connectivity index (χ2n) is 1.60. The number of carboxylic acid groups (broad SMARTS) is 1. The van der Waals surface area contributed by atoms with Gasteiger partial charge >= 0.3 is 5.97 Å². The molecule has 0 aliphatic heterocycles. The number of carboxylic acids is 1. The van der Waals surface area contributed by atoms with Crippen LogP contribution in [0.1, 0.15) is 6.92 Å². The molecule has 1 atom stereocenters. The topological polar surface area (TPSA) is 63.3 Å². The normalized spacial score (nSPS) is 15.1. The maximum atomic E-state index is 10.0. The van der Waals surface area contributed by atoms with E-state index in [1.54, 1.807) is 6.92 Å². The lowest BCUT2D eigenvalue weighted by molar-refractivity contribution is -0.132. The van der Waals surface area contributed by atoms with E-state index >= 15 is 0 Å². The minimum Gasteiger partial charge on any atom is -0.477 e. The van der Waals surface area contributed by atoms with Crippen LogP contribution in [-0.4, -0.2) is 15.9 Å². The Morgan fingerprint density at radius 3 is 2.44 bits per heavy atom. The maximum absolute atomic E-state index is 10.0. The summed E-state index contributed by atoms with van der Waals surface area (Å²) in [5.74, 6) is -1.08. The third-order valence-electron chi connectivity index (χ3n) is 0.656. The van der Waals surface area contributed by atoms with Crippen molar-refractivity contribution in [2.75, 3.05) is 0 Å². The zero-order valence-electron chi connectivity index (χ0n) is 4.97. The van der Waals surface area contributed by atoms with Crippen LogP contribution in [0.15, 0.2) is 11.8 Å². The van der Waals surface area contributed by atoms with Gasteiger partial charge in [-0.05, 0) is 13.0 Å². The van der Waals surface area contributed by atoms with Crippen LogP contribution in [0.25, 0.3) is 0 Å². The number of nitrogens with two attached hydrogens (primary N) is 1. The van der Waals surface area contributed by atoms with Crippen molar-refractivity contribution in [2.24, 2.45) is 5.73 Å². The highest BCUT2D eigenvalue weighted by Crippen LogP contribution is 2.00. The van der Waals surface area contributed by atoms with E-state index in [1.165, 1.54) is 6.08 Å². The van der Waals surface area contributed by atoms with Gasteiger partial charge in [0.05, 0.1) is 0 Å². The molecule has 9 heavy (non-hydrogen) atoms. The fourth-order valence-electron chi connectivity index (χ4n) is 0.319. The van der Waals surface area contributed by atoms with Gasteiger partial charge in [-0.1, -0.05) is 15.9 Å². The van der Waals surface area contributed by atoms with E-state index in [9.17, 15) is 4.79 Å². The Balaban J connectivity index is 4.00. The van der Waals surface area contributed by atoms with Crippen LogP contribution in [0.3, 0.4) is 0 Å². The third kappa shape index (κ3) is 4.02. The van der Waals surface area contributed by atoms with Crippen LogP contribution in [0, 0.1) is 0 Å². The van der Waals surface area contributed by atoms with Gasteiger partial charge < -0.3 is 10.8 Å². The Bertz CT molecular complexity index is 142. The molecule has 0 aromatic rings. The van der Waals surface area contributed by atoms with Crippen LogP contribution in [0.5, 0.6) is 0 Å². The Labute approximate surface area is 61.7 Å². The third-order valence-corrected chi connectivity index (χ3v) is 0.921. The first-order valence-electron chi connectivity index (χ1n) is 2.38. The number of hydrogen-bond donors (Lipinski definition) is 2. The van der Waals surface area contributed by atoms with Crippen molar-refractivity contribution in [2.45, 2.75) is 11.8 Å². The molecule has 0 radical (unpaired) electrons. The van der Waals surface area contributed by atoms with E-state index in [0.717, 1.165) is 0 Å². The molecule has 1 unspecified atom stereocenters. The van der Waals surface area contributed by atoms with Gasteiger partial charge in [0, 0.05) is 4.83 Å². The summed E-state index contributed by atoms with van der Waals surface area (Å²) in [6, 6.07) is 0. The summed E-state index contributed by atoms with van der Waals surface area (Å²) in [5, 5.41) is 8.22. The highest BCUT2D eigenvalue weighted by Gasteiger charge is 2.00. The molecule has 0 rings (SSSR count). The number of aliphatic carboxylic acids is 1. The van der Waals surface area contributed by atoms with Crippen molar-refractivity contribution in [1.82, 2.24) is 0 Å². The molecule has 0 bridgehead atoms. The summed E-state index contributed by atoms with van der Waals surface area (Å²) >= 11 is 3.12. The minimum absolute atomic E-state index is 0.00796. The van der Waals surface area contributed by atoms with Crippen molar-refractivity contribution >= 4 is 21.9 Å². The summed E-state index contributed by atoms with van der Waals surface area (Å²) in [5.41, 5.74) is 4.92. The molecule has 4 heteroatoms. The number of hydrogen-bond acceptors (Lipinski definition) is 2. The van der Waals surface area contributed by atoms with Crippen molar-refractivity contribution in [3.05, 3.63) is 11.8 Å². The van der Waals surface area contributed by atoms with Gasteiger partial charge in [0.1, 0.15) is 5.70 Å². The van der Waals surface area contributed by atoms with Crippen molar-refractivity contribution in [3.63, 3.8) is 0 Å². The molecule has 0 saturated heterocycles. The maximum Gasteiger partial charge on any atom is 0.351 e. The molecule has 0 aromatic heterocycles. The summed E-state index contributed by atoms with van der Waals surface area (Å²) in [7, 11) is 0. The standard InChI is InChI=1S/C5H8BrNO2/c1-3(6)2-4(7)5(8)9/h2-3H,7H2,1H3,(H,8,9). The first-order chi connectivity index (χ1) is 4.04. The van der Waals surface area contributed by atoms with Crippen LogP contribution in [-0.2, 0) is 4.79 Å². The van der Waals surface area contributed by atoms with E-state index in [2.05, 4.69) is 15.9 Å². The monoisotopic (exact) mass is 193 g/mol. The predicted octanol–water partition coefficient (Wildman–Crippen LogP) is 0.697. The average Bonchev–Trinajstić information content (AvgIpc) is 1.63. The van der Waals surface area contributed by atoms with E-state index < -0.39 is 5.97 Å². The van der Waals surface area contributed by atoms with Crippen LogP contribution in [0.2, 0.25) is 0 Å². The average molecular weight is 194 g/mol. The molecule has 0 heterocycles. The zero-order chi connectivity index (χ0) is 7.44. The van der Waals surface area contributed by atoms with E-state index in [0.29, 0.717) is 0 Å². The molecule has 3 N–H and O–H groups in total. The molecule has 0 aliphatic rings. The lowest BCUT2D eigenvalue weighted by atomic mass is 10.3. The summed E-state index contributed by atoms with van der Waals surface area (Å²) in [6.45, 7) is 1.79. The van der Waals surface area contributed by atoms with Crippen molar-refractivity contribution in [1.29, 1.82) is 0 Å². The van der Waals surface area contributed by atoms with E-state index in [4.69, 9.17) is 10.8 Å². The van der Waals surface area contributed by atoms with Crippen molar-refractivity contribution in [3.8, 4) is 0 Å². The molecule has 0 fully saturated rings. The van der Waals surface area contributed by atoms with Crippen molar-refractivity contribution < 1.29 is 9.90 Å². The van der Waals surface area contributed by atoms with Gasteiger partial charge in [-0.3, -0.25) is 0 Å². The Kier molecular flexibility index (Phi) is 3.30. The second-order valence-corrected chi connectivity index (χ2v) is 3.05. The van der Waals surface area contributed by atoms with Gasteiger partial charge in [0.15, 0.2) is 0 Å². The van der Waals surface area contributed by atoms with E-state index in [-0.39, 0.29) is 10.5 Å².